The summed E-state index contributed by atoms with van der Waals surface area (Å²) in [6, 6.07) is 16.7. The highest BCUT2D eigenvalue weighted by molar-refractivity contribution is 6.35. The van der Waals surface area contributed by atoms with Gasteiger partial charge in [-0.25, -0.2) is 4.98 Å². The van der Waals surface area contributed by atoms with Crippen LogP contribution in [-0.2, 0) is 16.0 Å². The summed E-state index contributed by atoms with van der Waals surface area (Å²) in [6.45, 7) is 5.18. The van der Waals surface area contributed by atoms with Crippen molar-refractivity contribution in [1.29, 1.82) is 0 Å². The third kappa shape index (κ3) is 6.94. The second-order valence-corrected chi connectivity index (χ2v) is 9.54. The summed E-state index contributed by atoms with van der Waals surface area (Å²) < 4.78 is 10.9. The first kappa shape index (κ1) is 25.9. The number of rotatable bonds is 11. The van der Waals surface area contributed by atoms with Crippen molar-refractivity contribution in [3.05, 3.63) is 81.5 Å². The predicted octanol–water partition coefficient (Wildman–Crippen LogP) is 5.04. The minimum Gasteiger partial charge on any atom is -0.378 e. The Morgan fingerprint density at radius 3 is 2.66 bits per heavy atom. The van der Waals surface area contributed by atoms with Gasteiger partial charge in [-0.15, -0.1) is 0 Å². The zero-order chi connectivity index (χ0) is 24.6. The van der Waals surface area contributed by atoms with E-state index < -0.39 is 0 Å². The van der Waals surface area contributed by atoms with E-state index in [0.717, 1.165) is 40.6 Å². The monoisotopic (exact) mass is 514 g/mol. The van der Waals surface area contributed by atoms with Crippen LogP contribution in [0.4, 0.5) is 5.82 Å². The fraction of sp³-hybridized carbons (Fsp3) is 0.370. The smallest absolute Gasteiger partial charge is 0.126 e. The van der Waals surface area contributed by atoms with Gasteiger partial charge in [-0.2, -0.15) is 0 Å². The van der Waals surface area contributed by atoms with Crippen molar-refractivity contribution in [2.24, 2.45) is 5.73 Å². The van der Waals surface area contributed by atoms with Crippen LogP contribution < -0.4 is 11.1 Å². The average molecular weight is 515 g/mol. The maximum atomic E-state index is 6.56. The van der Waals surface area contributed by atoms with Gasteiger partial charge in [-0.05, 0) is 59.1 Å². The maximum Gasteiger partial charge on any atom is 0.126 e. The molecule has 3 N–H and O–H groups in total. The van der Waals surface area contributed by atoms with Crippen LogP contribution in [-0.4, -0.2) is 63.0 Å². The molecule has 2 aromatic carbocycles. The van der Waals surface area contributed by atoms with Crippen molar-refractivity contribution in [3.8, 4) is 11.1 Å². The van der Waals surface area contributed by atoms with Crippen molar-refractivity contribution in [2.75, 3.05) is 58.4 Å². The molecule has 0 radical (unpaired) electrons. The van der Waals surface area contributed by atoms with Crippen LogP contribution in [0.3, 0.4) is 0 Å². The van der Waals surface area contributed by atoms with E-state index in [0.29, 0.717) is 44.5 Å². The molecule has 0 spiro atoms. The van der Waals surface area contributed by atoms with Gasteiger partial charge in [0.25, 0.3) is 0 Å². The second kappa shape index (κ2) is 12.7. The molecule has 1 aromatic heterocycles. The number of hydrogen-bond acceptors (Lipinski definition) is 6. The van der Waals surface area contributed by atoms with E-state index in [-0.39, 0.29) is 5.92 Å². The normalized spacial score (nSPS) is 15.7. The first-order valence-corrected chi connectivity index (χ1v) is 12.6. The molecular formula is C27H32Cl2N4O2. The van der Waals surface area contributed by atoms with Gasteiger partial charge in [0.1, 0.15) is 5.82 Å². The zero-order valence-electron chi connectivity index (χ0n) is 20.0. The number of pyridine rings is 1. The molecule has 35 heavy (non-hydrogen) atoms. The predicted molar refractivity (Wildman–Crippen MR) is 143 cm³/mol. The number of benzene rings is 2. The number of anilines is 1. The Bertz CT molecular complexity index is 1130. The fourth-order valence-corrected chi connectivity index (χ4v) is 5.00. The number of nitrogens with two attached hydrogens (primary N) is 1. The molecule has 0 saturated carbocycles. The summed E-state index contributed by atoms with van der Waals surface area (Å²) in [7, 11) is 2.13. The Labute approximate surface area is 217 Å². The summed E-state index contributed by atoms with van der Waals surface area (Å²) in [6.07, 6.45) is 1.83. The van der Waals surface area contributed by atoms with Crippen LogP contribution >= 0.6 is 23.2 Å². The highest BCUT2D eigenvalue weighted by atomic mass is 35.5. The number of likely N-dealkylation sites (N-methyl/N-ethyl adjacent to an activating group) is 1. The lowest BCUT2D eigenvalue weighted by Gasteiger charge is -2.33. The van der Waals surface area contributed by atoms with E-state index in [1.807, 2.05) is 18.3 Å². The van der Waals surface area contributed by atoms with Gasteiger partial charge in [0, 0.05) is 48.3 Å². The Morgan fingerprint density at radius 1 is 1.03 bits per heavy atom. The van der Waals surface area contributed by atoms with Gasteiger partial charge in [-0.1, -0.05) is 47.5 Å². The zero-order valence-corrected chi connectivity index (χ0v) is 21.5. The van der Waals surface area contributed by atoms with E-state index in [1.54, 1.807) is 0 Å². The van der Waals surface area contributed by atoms with E-state index in [9.17, 15) is 0 Å². The van der Waals surface area contributed by atoms with Crippen LogP contribution in [0.15, 0.2) is 54.7 Å². The van der Waals surface area contributed by atoms with Crippen molar-refractivity contribution < 1.29 is 9.47 Å². The van der Waals surface area contributed by atoms with E-state index in [1.165, 1.54) is 11.1 Å². The molecule has 3 aromatic rings. The third-order valence-electron chi connectivity index (χ3n) is 6.06. The molecule has 0 aliphatic carbocycles. The van der Waals surface area contributed by atoms with Gasteiger partial charge in [0.2, 0.25) is 0 Å². The van der Waals surface area contributed by atoms with Crippen LogP contribution in [0.1, 0.15) is 22.6 Å². The highest BCUT2D eigenvalue weighted by Gasteiger charge is 2.27. The Balaban J connectivity index is 1.45. The molecule has 0 amide bonds. The maximum absolute atomic E-state index is 6.56. The molecule has 0 bridgehead atoms. The summed E-state index contributed by atoms with van der Waals surface area (Å²) in [5.41, 5.74) is 11.3. The molecule has 0 saturated heterocycles. The second-order valence-electron chi connectivity index (χ2n) is 8.70. The molecule has 2 heterocycles. The molecule has 8 heteroatoms. The summed E-state index contributed by atoms with van der Waals surface area (Å²) in [5, 5.41) is 4.74. The van der Waals surface area contributed by atoms with E-state index in [4.69, 9.17) is 38.4 Å². The van der Waals surface area contributed by atoms with Crippen LogP contribution in [0, 0.1) is 0 Å². The molecule has 1 atom stereocenters. The minimum absolute atomic E-state index is 0.199. The Kier molecular flexibility index (Phi) is 9.38. The van der Waals surface area contributed by atoms with Crippen LogP contribution in [0.2, 0.25) is 10.0 Å². The van der Waals surface area contributed by atoms with Crippen molar-refractivity contribution >= 4 is 29.0 Å². The highest BCUT2D eigenvalue weighted by Crippen LogP contribution is 2.39. The summed E-state index contributed by atoms with van der Waals surface area (Å²) in [5.74, 6) is 1.02. The number of halogens is 2. The van der Waals surface area contributed by atoms with Crippen LogP contribution in [0.25, 0.3) is 11.1 Å². The first-order chi connectivity index (χ1) is 17.0. The lowest BCUT2D eigenvalue weighted by atomic mass is 9.84. The van der Waals surface area contributed by atoms with Crippen molar-refractivity contribution in [2.45, 2.75) is 12.5 Å². The lowest BCUT2D eigenvalue weighted by Crippen LogP contribution is -2.31. The molecule has 6 nitrogen and oxygen atoms in total. The largest absolute Gasteiger partial charge is 0.378 e. The van der Waals surface area contributed by atoms with Gasteiger partial charge >= 0.3 is 0 Å². The van der Waals surface area contributed by atoms with Gasteiger partial charge < -0.3 is 25.4 Å². The Hall–Kier alpha value is -2.19. The minimum atomic E-state index is 0.199. The molecule has 0 unspecified atom stereocenters. The molecule has 4 rings (SSSR count). The molecule has 0 fully saturated rings. The van der Waals surface area contributed by atoms with E-state index >= 15 is 0 Å². The lowest BCUT2D eigenvalue weighted by molar-refractivity contribution is 0.0547. The summed E-state index contributed by atoms with van der Waals surface area (Å²) in [4.78, 5) is 6.76. The molecular weight excluding hydrogens is 483 g/mol. The fourth-order valence-electron chi connectivity index (χ4n) is 4.43. The number of ether oxygens (including phenoxy) is 2. The van der Waals surface area contributed by atoms with Gasteiger partial charge in [0.05, 0.1) is 26.4 Å². The van der Waals surface area contributed by atoms with Crippen molar-refractivity contribution in [3.63, 3.8) is 0 Å². The first-order valence-electron chi connectivity index (χ1n) is 11.9. The van der Waals surface area contributed by atoms with Gasteiger partial charge in [0.15, 0.2) is 0 Å². The summed E-state index contributed by atoms with van der Waals surface area (Å²) >= 11 is 12.9. The topological polar surface area (TPSA) is 72.6 Å². The number of hydrogen-bond donors (Lipinski definition) is 2. The SMILES string of the molecule is CN1Cc2c(Cl)cc(Cl)cc2[C@H](c2cccc(-c3ccnc(NCCOCCOCCN)c3)c2)C1. The molecule has 1 aliphatic rings. The Morgan fingerprint density at radius 2 is 1.83 bits per heavy atom. The number of nitrogens with zero attached hydrogens (tertiary/aromatic N) is 2. The molecule has 1 aliphatic heterocycles. The number of fused-ring (bicyclic) bond motifs is 1. The van der Waals surface area contributed by atoms with E-state index in [2.05, 4.69) is 58.6 Å². The number of aromatic nitrogens is 1. The van der Waals surface area contributed by atoms with Gasteiger partial charge in [-0.3, -0.25) is 0 Å². The van der Waals surface area contributed by atoms with Crippen LogP contribution in [0.5, 0.6) is 0 Å². The quantitative estimate of drug-likeness (QED) is 0.349. The molecule has 186 valence electrons. The third-order valence-corrected chi connectivity index (χ3v) is 6.62. The average Bonchev–Trinajstić information content (AvgIpc) is 2.86. The number of nitrogens with one attached hydrogen (secondary N) is 1. The van der Waals surface area contributed by atoms with Crippen molar-refractivity contribution in [1.82, 2.24) is 9.88 Å². The standard InChI is InChI=1S/C27H32Cl2N4O2/c1-33-17-24(23-15-22(28)16-26(29)25(23)18-33)21-4-2-3-19(13-21)20-5-7-31-27(14-20)32-8-10-35-12-11-34-9-6-30/h2-5,7,13-16,24H,6,8-12,17-18,30H2,1H3,(H,31,32)/t24-/m0/s1.